The molecule has 154 valence electrons. The third-order valence-corrected chi connectivity index (χ3v) is 5.67. The van der Waals surface area contributed by atoms with Gasteiger partial charge in [0.2, 0.25) is 5.91 Å². The van der Waals surface area contributed by atoms with Crippen molar-refractivity contribution in [2.75, 3.05) is 13.2 Å². The summed E-state index contributed by atoms with van der Waals surface area (Å²) in [4.78, 5) is 38.3. The van der Waals surface area contributed by atoms with Crippen molar-refractivity contribution in [3.8, 4) is 0 Å². The molecule has 1 aliphatic carbocycles. The van der Waals surface area contributed by atoms with Crippen molar-refractivity contribution in [1.82, 2.24) is 10.2 Å². The lowest BCUT2D eigenvalue weighted by Crippen LogP contribution is -2.59. The van der Waals surface area contributed by atoms with E-state index in [0.29, 0.717) is 0 Å². The first-order valence-electron chi connectivity index (χ1n) is 8.98. The summed E-state index contributed by atoms with van der Waals surface area (Å²) in [5, 5.41) is 1.81. The zero-order valence-electron chi connectivity index (χ0n) is 16.4. The molecule has 1 N–H and O–H groups in total. The maximum absolute atomic E-state index is 13.1. The van der Waals surface area contributed by atoms with Gasteiger partial charge in [-0.05, 0) is 23.7 Å². The van der Waals surface area contributed by atoms with Crippen LogP contribution in [0.3, 0.4) is 0 Å². The zero-order valence-corrected chi connectivity index (χ0v) is 16.4. The molecule has 2 aliphatic rings. The molecule has 2 fully saturated rings. The Bertz CT molecular complexity index is 639. The highest BCUT2D eigenvalue weighted by Crippen LogP contribution is 2.65. The summed E-state index contributed by atoms with van der Waals surface area (Å²) in [6.07, 6.45) is -5.10. The number of halogens is 3. The standard InChI is InChI=1S/C18H27F3N2O4/c1-7-27-14(25)11-10-9(17(10,5)6)8-23(11)13(24)12(16(2,3)4)22-15(26)18(19,20)21/h9-12H,7-8H2,1-6H3,(H,22,26)/t9-,10-,11-,12+/m0/s1. The summed E-state index contributed by atoms with van der Waals surface area (Å²) in [5.74, 6) is -3.44. The number of piperidine rings is 1. The quantitative estimate of drug-likeness (QED) is 0.744. The Morgan fingerprint density at radius 2 is 1.78 bits per heavy atom. The Kier molecular flexibility index (Phi) is 5.31. The molecule has 0 spiro atoms. The number of likely N-dealkylation sites (tertiary alicyclic amines) is 1. The second-order valence-electron chi connectivity index (χ2n) is 8.91. The van der Waals surface area contributed by atoms with Crippen LogP contribution in [0, 0.1) is 22.7 Å². The zero-order chi connectivity index (χ0) is 20.9. The third-order valence-electron chi connectivity index (χ3n) is 5.67. The van der Waals surface area contributed by atoms with Crippen molar-refractivity contribution < 1.29 is 32.3 Å². The second-order valence-corrected chi connectivity index (χ2v) is 8.91. The van der Waals surface area contributed by atoms with Gasteiger partial charge >= 0.3 is 18.1 Å². The molecule has 0 aromatic heterocycles. The van der Waals surface area contributed by atoms with E-state index >= 15 is 0 Å². The lowest BCUT2D eigenvalue weighted by Gasteiger charge is -2.37. The smallest absolute Gasteiger partial charge is 0.464 e. The molecule has 4 atom stereocenters. The summed E-state index contributed by atoms with van der Waals surface area (Å²) < 4.78 is 43.2. The number of hydrogen-bond acceptors (Lipinski definition) is 4. The van der Waals surface area contributed by atoms with E-state index in [0.717, 1.165) is 0 Å². The lowest BCUT2D eigenvalue weighted by atomic mass is 9.85. The molecule has 1 heterocycles. The average Bonchev–Trinajstić information content (AvgIpc) is 2.87. The van der Waals surface area contributed by atoms with Crippen LogP contribution in [0.15, 0.2) is 0 Å². The van der Waals surface area contributed by atoms with E-state index in [9.17, 15) is 27.6 Å². The second kappa shape index (κ2) is 6.67. The van der Waals surface area contributed by atoms with Gasteiger partial charge in [0.05, 0.1) is 6.61 Å². The maximum Gasteiger partial charge on any atom is 0.471 e. The molecule has 0 unspecified atom stereocenters. The maximum atomic E-state index is 13.1. The first kappa shape index (κ1) is 21.5. The van der Waals surface area contributed by atoms with Gasteiger partial charge in [0.1, 0.15) is 12.1 Å². The molecular weight excluding hydrogens is 365 g/mol. The van der Waals surface area contributed by atoms with Gasteiger partial charge in [-0.15, -0.1) is 0 Å². The number of carbonyl (C=O) groups excluding carboxylic acids is 3. The highest BCUT2D eigenvalue weighted by atomic mass is 19.4. The largest absolute Gasteiger partial charge is 0.471 e. The number of alkyl halides is 3. The highest BCUT2D eigenvalue weighted by Gasteiger charge is 2.70. The van der Waals surface area contributed by atoms with Gasteiger partial charge in [0.15, 0.2) is 0 Å². The number of esters is 1. The molecule has 0 bridgehead atoms. The van der Waals surface area contributed by atoms with E-state index in [1.165, 1.54) is 4.90 Å². The van der Waals surface area contributed by atoms with Crippen molar-refractivity contribution >= 4 is 17.8 Å². The molecule has 6 nitrogen and oxygen atoms in total. The van der Waals surface area contributed by atoms with Crippen molar-refractivity contribution in [2.24, 2.45) is 22.7 Å². The molecule has 0 aromatic carbocycles. The summed E-state index contributed by atoms with van der Waals surface area (Å²) in [6, 6.07) is -2.26. The molecule has 1 saturated carbocycles. The predicted octanol–water partition coefficient (Wildman–Crippen LogP) is 2.13. The molecular formula is C18H27F3N2O4. The summed E-state index contributed by atoms with van der Waals surface area (Å²) in [5.41, 5.74) is -1.11. The van der Waals surface area contributed by atoms with Crippen molar-refractivity contribution in [2.45, 2.75) is 59.8 Å². The molecule has 2 amide bonds. The topological polar surface area (TPSA) is 75.7 Å². The monoisotopic (exact) mass is 392 g/mol. The highest BCUT2D eigenvalue weighted by molar-refractivity contribution is 5.93. The Morgan fingerprint density at radius 3 is 2.22 bits per heavy atom. The number of hydrogen-bond donors (Lipinski definition) is 1. The fourth-order valence-electron chi connectivity index (χ4n) is 4.04. The van der Waals surface area contributed by atoms with Gasteiger partial charge in [-0.3, -0.25) is 9.59 Å². The summed E-state index contributed by atoms with van der Waals surface area (Å²) >= 11 is 0. The Balaban J connectivity index is 2.28. The van der Waals surface area contributed by atoms with Gasteiger partial charge in [0, 0.05) is 12.5 Å². The number of fused-ring (bicyclic) bond motifs is 1. The van der Waals surface area contributed by atoms with Crippen LogP contribution in [0.4, 0.5) is 13.2 Å². The van der Waals surface area contributed by atoms with Crippen molar-refractivity contribution in [1.29, 1.82) is 0 Å². The van der Waals surface area contributed by atoms with E-state index in [4.69, 9.17) is 4.74 Å². The van der Waals surface area contributed by atoms with E-state index in [2.05, 4.69) is 0 Å². The Morgan fingerprint density at radius 1 is 1.22 bits per heavy atom. The first-order chi connectivity index (χ1) is 12.1. The summed E-state index contributed by atoms with van der Waals surface area (Å²) in [7, 11) is 0. The van der Waals surface area contributed by atoms with E-state index < -0.39 is 41.5 Å². The number of amides is 2. The minimum atomic E-state index is -5.10. The van der Waals surface area contributed by atoms with Crippen LogP contribution in [0.5, 0.6) is 0 Å². The molecule has 27 heavy (non-hydrogen) atoms. The summed E-state index contributed by atoms with van der Waals surface area (Å²) in [6.45, 7) is 10.7. The number of nitrogens with one attached hydrogen (secondary N) is 1. The van der Waals surface area contributed by atoms with Crippen LogP contribution < -0.4 is 5.32 Å². The minimum Gasteiger partial charge on any atom is -0.464 e. The average molecular weight is 392 g/mol. The van der Waals surface area contributed by atoms with Crippen LogP contribution in [-0.2, 0) is 19.1 Å². The molecule has 1 saturated heterocycles. The molecule has 1 aliphatic heterocycles. The number of rotatable bonds is 4. The van der Waals surface area contributed by atoms with E-state index in [1.807, 2.05) is 19.2 Å². The van der Waals surface area contributed by atoms with Crippen LogP contribution in [-0.4, -0.2) is 54.1 Å². The van der Waals surface area contributed by atoms with E-state index in [-0.39, 0.29) is 30.4 Å². The van der Waals surface area contributed by atoms with E-state index in [1.54, 1.807) is 27.7 Å². The van der Waals surface area contributed by atoms with Gasteiger partial charge < -0.3 is 15.0 Å². The molecule has 0 aromatic rings. The van der Waals surface area contributed by atoms with Crippen LogP contribution >= 0.6 is 0 Å². The number of carbonyl (C=O) groups is 3. The predicted molar refractivity (Wildman–Crippen MR) is 90.3 cm³/mol. The van der Waals surface area contributed by atoms with Crippen LogP contribution in [0.2, 0.25) is 0 Å². The first-order valence-corrected chi connectivity index (χ1v) is 8.98. The molecule has 0 radical (unpaired) electrons. The molecule has 9 heteroatoms. The van der Waals surface area contributed by atoms with Gasteiger partial charge in [-0.25, -0.2) is 4.79 Å². The van der Waals surface area contributed by atoms with Crippen LogP contribution in [0.1, 0.15) is 41.5 Å². The van der Waals surface area contributed by atoms with Crippen LogP contribution in [0.25, 0.3) is 0 Å². The fraction of sp³-hybridized carbons (Fsp3) is 0.833. The minimum absolute atomic E-state index is 0.0785. The van der Waals surface area contributed by atoms with Gasteiger partial charge in [0.25, 0.3) is 0 Å². The van der Waals surface area contributed by atoms with Crippen molar-refractivity contribution in [3.63, 3.8) is 0 Å². The van der Waals surface area contributed by atoms with Gasteiger partial charge in [-0.2, -0.15) is 13.2 Å². The fourth-order valence-corrected chi connectivity index (χ4v) is 4.04. The molecule has 2 rings (SSSR count). The number of nitrogens with zero attached hydrogens (tertiary/aromatic N) is 1. The Labute approximate surface area is 156 Å². The Hall–Kier alpha value is -1.80. The lowest BCUT2D eigenvalue weighted by molar-refractivity contribution is -0.176. The van der Waals surface area contributed by atoms with Gasteiger partial charge in [-0.1, -0.05) is 34.6 Å². The number of ether oxygens (including phenoxy) is 1. The van der Waals surface area contributed by atoms with Crippen molar-refractivity contribution in [3.05, 3.63) is 0 Å². The third kappa shape index (κ3) is 3.91. The normalized spacial score (nSPS) is 27.6. The SMILES string of the molecule is CCOC(=O)[C@@H]1[C@@H]2[C@H](CN1C(=O)[C@@H](NC(=O)C(F)(F)F)C(C)(C)C)C2(C)C.